The van der Waals surface area contributed by atoms with Crippen LogP contribution < -0.4 is 0 Å². The Morgan fingerprint density at radius 2 is 2.13 bits per heavy atom. The van der Waals surface area contributed by atoms with Crippen LogP contribution in [0.3, 0.4) is 0 Å². The molecule has 15 heavy (non-hydrogen) atoms. The number of amides is 2. The zero-order valence-electron chi connectivity index (χ0n) is 8.29. The van der Waals surface area contributed by atoms with Gasteiger partial charge in [0.25, 0.3) is 0 Å². The van der Waals surface area contributed by atoms with E-state index in [-0.39, 0.29) is 35.6 Å². The van der Waals surface area contributed by atoms with Gasteiger partial charge in [0.05, 0.1) is 6.04 Å². The van der Waals surface area contributed by atoms with Crippen molar-refractivity contribution in [2.24, 2.45) is 0 Å². The van der Waals surface area contributed by atoms with Crippen LogP contribution in [0.5, 0.6) is 0 Å². The molecule has 81 valence electrons. The second-order valence-electron chi connectivity index (χ2n) is 3.35. The smallest absolute Gasteiger partial charge is 0.321 e. The number of hydrogen-bond donors (Lipinski definition) is 1. The summed E-state index contributed by atoms with van der Waals surface area (Å²) in [5, 5.41) is 0.738. The molecule has 2 bridgehead atoms. The third-order valence-electron chi connectivity index (χ3n) is 2.36. The van der Waals surface area contributed by atoms with E-state index in [0.29, 0.717) is 19.5 Å². The number of rotatable bonds is 2. The molecule has 1 atom stereocenters. The van der Waals surface area contributed by atoms with Gasteiger partial charge in [-0.3, -0.25) is 4.55 Å². The zero-order valence-corrected chi connectivity index (χ0v) is 11.1. The molecule has 0 aromatic heterocycles. The molecule has 0 aromatic rings. The van der Waals surface area contributed by atoms with Crippen molar-refractivity contribution in [2.45, 2.75) is 18.9 Å². The molecule has 0 spiro atoms. The van der Waals surface area contributed by atoms with Crippen LogP contribution in [0.1, 0.15) is 12.8 Å². The van der Waals surface area contributed by atoms with Crippen LogP contribution in [0.25, 0.3) is 0 Å². The summed E-state index contributed by atoms with van der Waals surface area (Å²) in [6, 6.07) is -0.761. The molecule has 2 fully saturated rings. The molecular formula is C6H10N2NaO5S. The summed E-state index contributed by atoms with van der Waals surface area (Å²) in [5.74, 6) is 0. The Kier molecular flexibility index (Phi) is 4.01. The number of hydroxylamine groups is 2. The first-order valence-corrected chi connectivity index (χ1v) is 5.59. The maximum absolute atomic E-state index is 11.4. The van der Waals surface area contributed by atoms with E-state index in [2.05, 4.69) is 4.28 Å². The summed E-state index contributed by atoms with van der Waals surface area (Å²) in [6.45, 7) is 1.08. The molecule has 2 saturated heterocycles. The maximum Gasteiger partial charge on any atom is 0.418 e. The van der Waals surface area contributed by atoms with Gasteiger partial charge in [-0.15, -0.1) is 4.28 Å². The summed E-state index contributed by atoms with van der Waals surface area (Å²) in [6.07, 6.45) is 1.51. The van der Waals surface area contributed by atoms with Crippen LogP contribution >= 0.6 is 0 Å². The van der Waals surface area contributed by atoms with Gasteiger partial charge in [0.1, 0.15) is 0 Å². The number of piperidine rings is 1. The van der Waals surface area contributed by atoms with Crippen molar-refractivity contribution in [1.82, 2.24) is 9.96 Å². The van der Waals surface area contributed by atoms with Crippen molar-refractivity contribution >= 4 is 46.0 Å². The van der Waals surface area contributed by atoms with E-state index in [1.54, 1.807) is 0 Å². The number of hydrogen-bond acceptors (Lipinski definition) is 4. The van der Waals surface area contributed by atoms with Gasteiger partial charge in [-0.2, -0.15) is 13.5 Å². The minimum absolute atomic E-state index is 0. The number of carbonyl (C=O) groups excluding carboxylic acids is 1. The maximum atomic E-state index is 11.4. The Bertz CT molecular complexity index is 359. The molecule has 1 unspecified atom stereocenters. The fourth-order valence-electron chi connectivity index (χ4n) is 1.81. The molecule has 1 N–H and O–H groups in total. The number of nitrogens with zero attached hydrogens (tertiary/aromatic N) is 2. The minimum atomic E-state index is -4.60. The molecule has 1 radical (unpaired) electrons. The van der Waals surface area contributed by atoms with Gasteiger partial charge < -0.3 is 4.90 Å². The van der Waals surface area contributed by atoms with E-state index in [0.717, 1.165) is 11.5 Å². The summed E-state index contributed by atoms with van der Waals surface area (Å²) >= 11 is 0. The van der Waals surface area contributed by atoms with E-state index in [1.165, 1.54) is 4.90 Å². The number of fused-ring (bicyclic) bond motifs is 2. The fraction of sp³-hybridized carbons (Fsp3) is 0.833. The fourth-order valence-corrected chi connectivity index (χ4v) is 2.20. The second-order valence-corrected chi connectivity index (χ2v) is 4.36. The van der Waals surface area contributed by atoms with Gasteiger partial charge in [-0.25, -0.2) is 4.79 Å². The molecule has 0 aliphatic carbocycles. The molecular weight excluding hydrogens is 235 g/mol. The predicted molar refractivity (Wildman–Crippen MR) is 50.2 cm³/mol. The Labute approximate surface area is 110 Å². The molecule has 9 heteroatoms. The Morgan fingerprint density at radius 1 is 1.47 bits per heavy atom. The van der Waals surface area contributed by atoms with E-state index >= 15 is 0 Å². The average Bonchev–Trinajstić information content (AvgIpc) is 2.28. The summed E-state index contributed by atoms with van der Waals surface area (Å²) < 4.78 is 33.5. The van der Waals surface area contributed by atoms with Crippen LogP contribution in [0.4, 0.5) is 4.79 Å². The monoisotopic (exact) mass is 245 g/mol. The third-order valence-corrected chi connectivity index (χ3v) is 2.71. The van der Waals surface area contributed by atoms with E-state index in [1.807, 2.05) is 0 Å². The van der Waals surface area contributed by atoms with Crippen LogP contribution in [0.15, 0.2) is 0 Å². The van der Waals surface area contributed by atoms with Crippen LogP contribution in [-0.4, -0.2) is 77.7 Å². The average molecular weight is 245 g/mol. The summed E-state index contributed by atoms with van der Waals surface area (Å²) in [5.41, 5.74) is 0. The Morgan fingerprint density at radius 3 is 2.67 bits per heavy atom. The second kappa shape index (κ2) is 4.56. The van der Waals surface area contributed by atoms with Crippen molar-refractivity contribution in [2.75, 3.05) is 13.1 Å². The first-order chi connectivity index (χ1) is 6.47. The van der Waals surface area contributed by atoms with Gasteiger partial charge in [0.2, 0.25) is 0 Å². The third kappa shape index (κ3) is 2.83. The predicted octanol–water partition coefficient (Wildman–Crippen LogP) is -0.760. The number of urea groups is 1. The van der Waals surface area contributed by atoms with Crippen molar-refractivity contribution in [3.8, 4) is 0 Å². The SMILES string of the molecule is O=C1N2CCCC(C2)N1OS(=O)(=O)O.[Na]. The molecule has 7 nitrogen and oxygen atoms in total. The van der Waals surface area contributed by atoms with Crippen LogP contribution in [0, 0.1) is 0 Å². The van der Waals surface area contributed by atoms with Crippen molar-refractivity contribution in [1.29, 1.82) is 0 Å². The molecule has 0 aromatic carbocycles. The number of carbonyl (C=O) groups is 1. The summed E-state index contributed by atoms with van der Waals surface area (Å²) in [4.78, 5) is 12.9. The zero-order chi connectivity index (χ0) is 10.3. The van der Waals surface area contributed by atoms with Crippen molar-refractivity contribution in [3.05, 3.63) is 0 Å². The standard InChI is InChI=1S/C6H10N2O5S.Na/c9-6-7-3-1-2-5(4-7)8(6)13-14(10,11)12;/h5H,1-4H2,(H,10,11,12);. The molecule has 2 amide bonds. The van der Waals surface area contributed by atoms with E-state index < -0.39 is 16.4 Å². The normalized spacial score (nSPS) is 25.4. The van der Waals surface area contributed by atoms with Crippen molar-refractivity contribution < 1.29 is 22.0 Å². The summed E-state index contributed by atoms with van der Waals surface area (Å²) in [7, 11) is -4.60. The Hall–Kier alpha value is 0.140. The van der Waals surface area contributed by atoms with Gasteiger partial charge in [0.15, 0.2) is 0 Å². The molecule has 2 aliphatic rings. The van der Waals surface area contributed by atoms with E-state index in [4.69, 9.17) is 4.55 Å². The van der Waals surface area contributed by atoms with Gasteiger partial charge in [-0.1, -0.05) is 0 Å². The Balaban J connectivity index is 0.00000112. The molecule has 2 aliphatic heterocycles. The first-order valence-electron chi connectivity index (χ1n) is 4.22. The van der Waals surface area contributed by atoms with E-state index in [9.17, 15) is 13.2 Å². The van der Waals surface area contributed by atoms with Crippen molar-refractivity contribution in [3.63, 3.8) is 0 Å². The van der Waals surface area contributed by atoms with Gasteiger partial charge in [0, 0.05) is 42.6 Å². The van der Waals surface area contributed by atoms with Crippen LogP contribution in [0.2, 0.25) is 0 Å². The quantitative estimate of drug-likeness (QED) is 0.510. The minimum Gasteiger partial charge on any atom is -0.321 e. The van der Waals surface area contributed by atoms with Crippen LogP contribution in [-0.2, 0) is 14.7 Å². The van der Waals surface area contributed by atoms with Gasteiger partial charge in [-0.05, 0) is 12.8 Å². The molecule has 2 heterocycles. The largest absolute Gasteiger partial charge is 0.418 e. The van der Waals surface area contributed by atoms with Gasteiger partial charge >= 0.3 is 16.4 Å². The molecule has 2 rings (SSSR count). The first kappa shape index (κ1) is 13.2. The topological polar surface area (TPSA) is 87.2 Å². The molecule has 0 saturated carbocycles.